The number of amides is 3. The van der Waals surface area contributed by atoms with Crippen LogP contribution >= 0.6 is 15.9 Å². The van der Waals surface area contributed by atoms with Gasteiger partial charge in [0.2, 0.25) is 0 Å². The number of hydrogen-bond donors (Lipinski definition) is 3. The molecule has 4 aromatic rings. The largest absolute Gasteiger partial charge is 0.328 e. The molecule has 178 valence electrons. The summed E-state index contributed by atoms with van der Waals surface area (Å²) in [5, 5.41) is 6.00. The third-order valence-corrected chi connectivity index (χ3v) is 5.93. The second-order valence-corrected chi connectivity index (χ2v) is 9.11. The molecule has 1 aromatic heterocycles. The molecule has 0 unspecified atom stereocenters. The summed E-state index contributed by atoms with van der Waals surface area (Å²) in [6.07, 6.45) is 0. The molecule has 0 bridgehead atoms. The number of benzene rings is 3. The molecule has 4 rings (SSSR count). The van der Waals surface area contributed by atoms with Crippen LogP contribution < -0.4 is 16.1 Å². The van der Waals surface area contributed by atoms with Gasteiger partial charge in [-0.1, -0.05) is 33.6 Å². The Morgan fingerprint density at radius 2 is 1.49 bits per heavy atom. The predicted octanol–water partition coefficient (Wildman–Crippen LogP) is 5.43. The Morgan fingerprint density at radius 3 is 2.14 bits per heavy atom. The van der Waals surface area contributed by atoms with Crippen LogP contribution in [0.2, 0.25) is 0 Å². The van der Waals surface area contributed by atoms with Gasteiger partial charge in [0.1, 0.15) is 11.5 Å². The maximum atomic E-state index is 13.2. The third-order valence-electron chi connectivity index (χ3n) is 5.43. The lowest BCUT2D eigenvalue weighted by Gasteiger charge is -2.15. The zero-order valence-electron chi connectivity index (χ0n) is 19.2. The van der Waals surface area contributed by atoms with Crippen LogP contribution in [0, 0.1) is 26.6 Å². The molecule has 0 spiro atoms. The summed E-state index contributed by atoms with van der Waals surface area (Å²) in [6.45, 7) is 5.65. The molecule has 1 heterocycles. The van der Waals surface area contributed by atoms with Crippen molar-refractivity contribution in [2.45, 2.75) is 20.8 Å². The van der Waals surface area contributed by atoms with E-state index in [0.717, 1.165) is 21.2 Å². The Kier molecular flexibility index (Phi) is 6.70. The molecule has 0 saturated heterocycles. The molecule has 0 radical (unpaired) electrons. The van der Waals surface area contributed by atoms with Crippen LogP contribution in [-0.4, -0.2) is 22.4 Å². The fraction of sp³-hybridized carbons (Fsp3) is 0.115. The lowest BCUT2D eigenvalue weighted by atomic mass is 10.1. The summed E-state index contributed by atoms with van der Waals surface area (Å²) < 4.78 is 15.3. The Labute approximate surface area is 209 Å². The van der Waals surface area contributed by atoms with Gasteiger partial charge in [-0.15, -0.1) is 0 Å². The highest BCUT2D eigenvalue weighted by atomic mass is 79.9. The quantitative estimate of drug-likeness (QED) is 0.303. The molecule has 0 aliphatic rings. The standard InChI is InChI=1S/C26H22BrFN4O3/c1-14-10-15(2)23(16(3)11-14)30-25(34)26(35)31-32-21-9-4-18(27)12-17(21)13-22(32)24(33)29-20-7-5-19(28)6-8-20/h4-13H,1-3H3,(H,29,33)(H,30,34)(H,31,35). The topological polar surface area (TPSA) is 92.2 Å². The molecule has 0 aliphatic carbocycles. The smallest absolute Gasteiger partial charge is 0.321 e. The molecule has 0 atom stereocenters. The first-order chi connectivity index (χ1) is 16.6. The lowest BCUT2D eigenvalue weighted by Crippen LogP contribution is -2.36. The minimum Gasteiger partial charge on any atom is -0.321 e. The van der Waals surface area contributed by atoms with Gasteiger partial charge in [-0.05, 0) is 80.4 Å². The molecular formula is C26H22BrFN4O3. The van der Waals surface area contributed by atoms with Gasteiger partial charge in [0, 0.05) is 21.2 Å². The number of aryl methyl sites for hydroxylation is 3. The average molecular weight is 537 g/mol. The number of hydrogen-bond acceptors (Lipinski definition) is 3. The molecule has 3 N–H and O–H groups in total. The number of halogens is 2. The lowest BCUT2D eigenvalue weighted by molar-refractivity contribution is -0.133. The van der Waals surface area contributed by atoms with Crippen molar-refractivity contribution in [2.75, 3.05) is 16.1 Å². The van der Waals surface area contributed by atoms with Crippen LogP contribution in [0.1, 0.15) is 27.2 Å². The van der Waals surface area contributed by atoms with E-state index in [9.17, 15) is 18.8 Å². The summed E-state index contributed by atoms with van der Waals surface area (Å²) in [5.41, 5.74) is 6.78. The van der Waals surface area contributed by atoms with E-state index in [1.165, 1.54) is 28.9 Å². The zero-order chi connectivity index (χ0) is 25.3. The number of fused-ring (bicyclic) bond motifs is 1. The van der Waals surface area contributed by atoms with Crippen molar-refractivity contribution in [1.82, 2.24) is 4.68 Å². The van der Waals surface area contributed by atoms with Crippen molar-refractivity contribution in [2.24, 2.45) is 0 Å². The fourth-order valence-electron chi connectivity index (χ4n) is 3.90. The Bertz CT molecular complexity index is 1460. The van der Waals surface area contributed by atoms with Crippen LogP contribution in [0.15, 0.2) is 65.1 Å². The summed E-state index contributed by atoms with van der Waals surface area (Å²) in [4.78, 5) is 38.6. The van der Waals surface area contributed by atoms with Gasteiger partial charge in [-0.2, -0.15) is 0 Å². The summed E-state index contributed by atoms with van der Waals surface area (Å²) in [7, 11) is 0. The molecular weight excluding hydrogens is 515 g/mol. The van der Waals surface area contributed by atoms with Crippen molar-refractivity contribution in [3.63, 3.8) is 0 Å². The number of carbonyl (C=O) groups is 3. The molecule has 3 aromatic carbocycles. The maximum absolute atomic E-state index is 13.2. The molecule has 0 saturated carbocycles. The number of aromatic nitrogens is 1. The second-order valence-electron chi connectivity index (χ2n) is 8.20. The first kappa shape index (κ1) is 24.2. The van der Waals surface area contributed by atoms with E-state index in [1.54, 1.807) is 24.3 Å². The Hall–Kier alpha value is -3.98. The van der Waals surface area contributed by atoms with E-state index in [-0.39, 0.29) is 5.69 Å². The van der Waals surface area contributed by atoms with Gasteiger partial charge in [0.15, 0.2) is 0 Å². The predicted molar refractivity (Wildman–Crippen MR) is 138 cm³/mol. The van der Waals surface area contributed by atoms with Gasteiger partial charge < -0.3 is 10.6 Å². The third kappa shape index (κ3) is 5.25. The van der Waals surface area contributed by atoms with E-state index in [0.29, 0.717) is 22.3 Å². The molecule has 0 aliphatic heterocycles. The maximum Gasteiger partial charge on any atom is 0.328 e. The highest BCUT2D eigenvalue weighted by Crippen LogP contribution is 2.25. The highest BCUT2D eigenvalue weighted by Gasteiger charge is 2.22. The monoisotopic (exact) mass is 536 g/mol. The normalized spacial score (nSPS) is 10.8. The number of rotatable bonds is 4. The highest BCUT2D eigenvalue weighted by molar-refractivity contribution is 9.10. The van der Waals surface area contributed by atoms with Gasteiger partial charge >= 0.3 is 11.8 Å². The van der Waals surface area contributed by atoms with E-state index >= 15 is 0 Å². The van der Waals surface area contributed by atoms with Crippen molar-refractivity contribution in [1.29, 1.82) is 0 Å². The molecule has 35 heavy (non-hydrogen) atoms. The Balaban J connectivity index is 1.63. The summed E-state index contributed by atoms with van der Waals surface area (Å²) >= 11 is 3.40. The molecule has 0 fully saturated rings. The Morgan fingerprint density at radius 1 is 0.829 bits per heavy atom. The average Bonchev–Trinajstić information content (AvgIpc) is 3.14. The summed E-state index contributed by atoms with van der Waals surface area (Å²) in [5.74, 6) is -2.79. The van der Waals surface area contributed by atoms with E-state index in [4.69, 9.17) is 0 Å². The first-order valence-corrected chi connectivity index (χ1v) is 11.5. The van der Waals surface area contributed by atoms with E-state index in [2.05, 4.69) is 32.0 Å². The fourth-order valence-corrected chi connectivity index (χ4v) is 4.28. The summed E-state index contributed by atoms with van der Waals surface area (Å²) in [6, 6.07) is 16.0. The minimum absolute atomic E-state index is 0.0891. The second kappa shape index (κ2) is 9.71. The first-order valence-electron chi connectivity index (χ1n) is 10.7. The molecule has 7 nitrogen and oxygen atoms in total. The number of anilines is 2. The minimum atomic E-state index is -0.944. The number of nitrogens with one attached hydrogen (secondary N) is 3. The van der Waals surface area contributed by atoms with Crippen LogP contribution in [0.25, 0.3) is 10.9 Å². The van der Waals surface area contributed by atoms with Crippen LogP contribution in [-0.2, 0) is 9.59 Å². The van der Waals surface area contributed by atoms with Crippen LogP contribution in [0.4, 0.5) is 15.8 Å². The molecule has 3 amide bonds. The zero-order valence-corrected chi connectivity index (χ0v) is 20.8. The van der Waals surface area contributed by atoms with Gasteiger partial charge in [-0.25, -0.2) is 9.07 Å². The van der Waals surface area contributed by atoms with Gasteiger partial charge in [-0.3, -0.25) is 19.8 Å². The molecule has 9 heteroatoms. The number of carbonyl (C=O) groups excluding carboxylic acids is 3. The van der Waals surface area contributed by atoms with Crippen molar-refractivity contribution in [3.05, 3.63) is 93.3 Å². The van der Waals surface area contributed by atoms with Crippen molar-refractivity contribution in [3.8, 4) is 0 Å². The van der Waals surface area contributed by atoms with Crippen molar-refractivity contribution >= 4 is 55.9 Å². The van der Waals surface area contributed by atoms with Crippen LogP contribution in [0.5, 0.6) is 0 Å². The van der Waals surface area contributed by atoms with Gasteiger partial charge in [0.25, 0.3) is 5.91 Å². The SMILES string of the molecule is Cc1cc(C)c(NC(=O)C(=O)Nn2c(C(=O)Nc3ccc(F)cc3)cc3cc(Br)ccc32)c(C)c1. The number of nitrogens with zero attached hydrogens (tertiary/aromatic N) is 1. The van der Waals surface area contributed by atoms with Crippen molar-refractivity contribution < 1.29 is 18.8 Å². The van der Waals surface area contributed by atoms with Crippen LogP contribution in [0.3, 0.4) is 0 Å². The van der Waals surface area contributed by atoms with E-state index < -0.39 is 23.5 Å². The van der Waals surface area contributed by atoms with Gasteiger partial charge in [0.05, 0.1) is 5.52 Å². The van der Waals surface area contributed by atoms with E-state index in [1.807, 2.05) is 32.9 Å².